The van der Waals surface area contributed by atoms with Crippen molar-refractivity contribution in [2.24, 2.45) is 5.41 Å². The lowest BCUT2D eigenvalue weighted by atomic mass is 9.83. The number of methoxy groups -OCH3 is 2. The van der Waals surface area contributed by atoms with Crippen molar-refractivity contribution in [3.63, 3.8) is 0 Å². The Morgan fingerprint density at radius 2 is 2.04 bits per heavy atom. The molecule has 1 heterocycles. The van der Waals surface area contributed by atoms with E-state index in [-0.39, 0.29) is 28.2 Å². The summed E-state index contributed by atoms with van der Waals surface area (Å²) in [6.45, 7) is 4.32. The van der Waals surface area contributed by atoms with Crippen molar-refractivity contribution in [1.29, 1.82) is 0 Å². The number of benzene rings is 1. The average molecular weight is 337 g/mol. The van der Waals surface area contributed by atoms with Crippen LogP contribution in [0.3, 0.4) is 0 Å². The summed E-state index contributed by atoms with van der Waals surface area (Å²) in [5.74, 6) is -0.00237. The van der Waals surface area contributed by atoms with Gasteiger partial charge in [-0.2, -0.15) is 0 Å². The van der Waals surface area contributed by atoms with E-state index in [0.29, 0.717) is 6.54 Å². The van der Waals surface area contributed by atoms with Gasteiger partial charge in [0.2, 0.25) is 0 Å². The van der Waals surface area contributed by atoms with Gasteiger partial charge in [-0.05, 0) is 24.8 Å². The molecular weight excluding hydrogens is 314 g/mol. The van der Waals surface area contributed by atoms with Gasteiger partial charge >= 0.3 is 0 Å². The van der Waals surface area contributed by atoms with Gasteiger partial charge in [-0.1, -0.05) is 6.92 Å². The first-order valence-electron chi connectivity index (χ1n) is 7.79. The third kappa shape index (κ3) is 3.94. The fourth-order valence-corrected chi connectivity index (χ4v) is 2.86. The molecule has 1 aromatic rings. The second-order valence-corrected chi connectivity index (χ2v) is 6.26. The lowest BCUT2D eigenvalue weighted by Crippen LogP contribution is -2.45. The maximum absolute atomic E-state index is 12.5. The van der Waals surface area contributed by atoms with E-state index in [4.69, 9.17) is 9.47 Å². The topological polar surface area (TPSA) is 103 Å². The van der Waals surface area contributed by atoms with Crippen molar-refractivity contribution >= 4 is 11.6 Å². The number of nitrogens with zero attached hydrogens (tertiary/aromatic N) is 1. The molecule has 1 aromatic carbocycles. The molecule has 0 aliphatic carbocycles. The van der Waals surface area contributed by atoms with Crippen molar-refractivity contribution in [3.8, 4) is 11.5 Å². The third-order valence-corrected chi connectivity index (χ3v) is 4.30. The molecule has 2 N–H and O–H groups in total. The predicted molar refractivity (Wildman–Crippen MR) is 88.7 cm³/mol. The van der Waals surface area contributed by atoms with Crippen LogP contribution in [0.4, 0.5) is 5.69 Å². The van der Waals surface area contributed by atoms with Crippen LogP contribution in [0.15, 0.2) is 12.1 Å². The highest BCUT2D eigenvalue weighted by molar-refractivity contribution is 5.99. The molecule has 1 atom stereocenters. The van der Waals surface area contributed by atoms with Gasteiger partial charge < -0.3 is 20.1 Å². The molecule has 0 radical (unpaired) electrons. The van der Waals surface area contributed by atoms with Crippen LogP contribution in [0, 0.1) is 15.5 Å². The van der Waals surface area contributed by atoms with Crippen molar-refractivity contribution in [2.45, 2.75) is 19.8 Å². The highest BCUT2D eigenvalue weighted by Crippen LogP contribution is 2.34. The van der Waals surface area contributed by atoms with Gasteiger partial charge in [0.25, 0.3) is 11.6 Å². The van der Waals surface area contributed by atoms with E-state index in [1.807, 2.05) is 0 Å². The smallest absolute Gasteiger partial charge is 0.286 e. The zero-order chi connectivity index (χ0) is 17.7. The molecule has 1 amide bonds. The van der Waals surface area contributed by atoms with Crippen LogP contribution in [0.2, 0.25) is 0 Å². The molecule has 0 spiro atoms. The van der Waals surface area contributed by atoms with Crippen LogP contribution in [-0.2, 0) is 0 Å². The average Bonchev–Trinajstić information content (AvgIpc) is 2.59. The quantitative estimate of drug-likeness (QED) is 0.605. The van der Waals surface area contributed by atoms with Gasteiger partial charge in [0.15, 0.2) is 11.5 Å². The van der Waals surface area contributed by atoms with Crippen LogP contribution in [0.25, 0.3) is 0 Å². The molecule has 1 aliphatic heterocycles. The van der Waals surface area contributed by atoms with Gasteiger partial charge in [0, 0.05) is 19.2 Å². The van der Waals surface area contributed by atoms with E-state index in [1.54, 1.807) is 0 Å². The van der Waals surface area contributed by atoms with Gasteiger partial charge in [-0.3, -0.25) is 14.9 Å². The summed E-state index contributed by atoms with van der Waals surface area (Å²) in [6.07, 6.45) is 2.04. The normalized spacial score (nSPS) is 20.3. The first-order chi connectivity index (χ1) is 11.4. The monoisotopic (exact) mass is 337 g/mol. The van der Waals surface area contributed by atoms with Crippen molar-refractivity contribution < 1.29 is 19.2 Å². The zero-order valence-electron chi connectivity index (χ0n) is 14.2. The molecule has 1 fully saturated rings. The van der Waals surface area contributed by atoms with Crippen LogP contribution in [0.5, 0.6) is 11.5 Å². The fourth-order valence-electron chi connectivity index (χ4n) is 2.86. The Hall–Kier alpha value is -2.35. The molecular formula is C16H23N3O5. The maximum atomic E-state index is 12.5. The van der Waals surface area contributed by atoms with E-state index in [1.165, 1.54) is 26.4 Å². The highest BCUT2D eigenvalue weighted by Gasteiger charge is 2.29. The van der Waals surface area contributed by atoms with Crippen molar-refractivity contribution in [3.05, 3.63) is 27.8 Å². The number of nitro groups is 1. The summed E-state index contributed by atoms with van der Waals surface area (Å²) in [4.78, 5) is 23.2. The molecule has 2 rings (SSSR count). The lowest BCUT2D eigenvalue weighted by molar-refractivity contribution is -0.385. The molecule has 1 aliphatic rings. The predicted octanol–water partition coefficient (Wildman–Crippen LogP) is 1.73. The Labute approximate surface area is 140 Å². The lowest BCUT2D eigenvalue weighted by Gasteiger charge is -2.34. The highest BCUT2D eigenvalue weighted by atomic mass is 16.6. The van der Waals surface area contributed by atoms with E-state index >= 15 is 0 Å². The SMILES string of the molecule is COc1cc(C(=O)NCC2(C)CCCNC2)c([N+](=O)[O-])cc1OC. The number of amides is 1. The Bertz CT molecular complexity index is 626. The standard InChI is InChI=1S/C16H23N3O5/c1-16(5-4-6-17-9-16)10-18-15(20)11-7-13(23-2)14(24-3)8-12(11)19(21)22/h7-8,17H,4-6,9-10H2,1-3H3,(H,18,20). The molecule has 24 heavy (non-hydrogen) atoms. The van der Waals surface area contributed by atoms with Crippen LogP contribution >= 0.6 is 0 Å². The molecule has 1 unspecified atom stereocenters. The minimum absolute atomic E-state index is 0.0370. The number of nitro benzene ring substituents is 1. The summed E-state index contributed by atoms with van der Waals surface area (Å²) in [5.41, 5.74) is -0.402. The number of ether oxygens (including phenoxy) is 2. The third-order valence-electron chi connectivity index (χ3n) is 4.30. The number of rotatable bonds is 6. The number of carbonyl (C=O) groups excluding carboxylic acids is 1. The Balaban J connectivity index is 2.22. The van der Waals surface area contributed by atoms with Crippen molar-refractivity contribution in [1.82, 2.24) is 10.6 Å². The Morgan fingerprint density at radius 3 is 2.58 bits per heavy atom. The molecule has 0 bridgehead atoms. The Kier molecular flexibility index (Phi) is 5.61. The van der Waals surface area contributed by atoms with E-state index < -0.39 is 10.8 Å². The molecule has 8 heteroatoms. The van der Waals surface area contributed by atoms with E-state index in [2.05, 4.69) is 17.6 Å². The van der Waals surface area contributed by atoms with Crippen LogP contribution < -0.4 is 20.1 Å². The number of carbonyl (C=O) groups is 1. The fraction of sp³-hybridized carbons (Fsp3) is 0.562. The van der Waals surface area contributed by atoms with Crippen LogP contribution in [0.1, 0.15) is 30.1 Å². The minimum atomic E-state index is -0.596. The first-order valence-corrected chi connectivity index (χ1v) is 7.79. The summed E-state index contributed by atoms with van der Waals surface area (Å²) in [6, 6.07) is 2.55. The van der Waals surface area contributed by atoms with Gasteiger partial charge in [0.1, 0.15) is 5.56 Å². The molecule has 0 aromatic heterocycles. The molecule has 0 saturated carbocycles. The zero-order valence-corrected chi connectivity index (χ0v) is 14.2. The summed E-state index contributed by atoms with van der Waals surface area (Å²) < 4.78 is 10.2. The molecule has 1 saturated heterocycles. The van der Waals surface area contributed by atoms with Crippen molar-refractivity contribution in [2.75, 3.05) is 33.9 Å². The molecule has 8 nitrogen and oxygen atoms in total. The largest absolute Gasteiger partial charge is 0.493 e. The maximum Gasteiger partial charge on any atom is 0.286 e. The number of nitrogens with one attached hydrogen (secondary N) is 2. The van der Waals surface area contributed by atoms with Gasteiger partial charge in [-0.15, -0.1) is 0 Å². The van der Waals surface area contributed by atoms with E-state index in [0.717, 1.165) is 25.9 Å². The first kappa shape index (κ1) is 18.0. The second kappa shape index (κ2) is 7.48. The Morgan fingerprint density at radius 1 is 1.38 bits per heavy atom. The summed E-state index contributed by atoms with van der Waals surface area (Å²) in [7, 11) is 2.80. The summed E-state index contributed by atoms with van der Waals surface area (Å²) in [5, 5.41) is 17.4. The minimum Gasteiger partial charge on any atom is -0.493 e. The van der Waals surface area contributed by atoms with Crippen LogP contribution in [-0.4, -0.2) is 44.7 Å². The molecule has 132 valence electrons. The summed E-state index contributed by atoms with van der Waals surface area (Å²) >= 11 is 0. The van der Waals surface area contributed by atoms with E-state index in [9.17, 15) is 14.9 Å². The second-order valence-electron chi connectivity index (χ2n) is 6.26. The number of hydrogen-bond acceptors (Lipinski definition) is 6. The number of piperidine rings is 1. The van der Waals surface area contributed by atoms with Gasteiger partial charge in [0.05, 0.1) is 25.2 Å². The van der Waals surface area contributed by atoms with Gasteiger partial charge in [-0.25, -0.2) is 0 Å². The number of hydrogen-bond donors (Lipinski definition) is 2.